The Morgan fingerprint density at radius 2 is 1.74 bits per heavy atom. The van der Waals surface area contributed by atoms with Gasteiger partial charge in [-0.3, -0.25) is 4.79 Å². The molecule has 0 aliphatic heterocycles. The van der Waals surface area contributed by atoms with E-state index in [9.17, 15) is 4.79 Å². The largest absolute Gasteiger partial charge is 0.486 e. The average molecular weight is 256 g/mol. The second kappa shape index (κ2) is 6.71. The fraction of sp³-hybridized carbons (Fsp3) is 0.188. The summed E-state index contributed by atoms with van der Waals surface area (Å²) < 4.78 is 5.42. The molecule has 0 heterocycles. The van der Waals surface area contributed by atoms with E-state index in [0.717, 1.165) is 11.1 Å². The summed E-state index contributed by atoms with van der Waals surface area (Å²) >= 11 is 0. The predicted molar refractivity (Wildman–Crippen MR) is 73.0 cm³/mol. The molecule has 0 spiro atoms. The molecule has 0 aliphatic rings. The van der Waals surface area contributed by atoms with Crippen LogP contribution in [0, 0.1) is 0 Å². The first-order chi connectivity index (χ1) is 9.28. The molecule has 0 fully saturated rings. The minimum absolute atomic E-state index is 0.0283. The molecule has 0 bridgehead atoms. The van der Waals surface area contributed by atoms with Crippen LogP contribution in [-0.4, -0.2) is 17.5 Å². The number of rotatable bonds is 6. The number of hydrogen-bond donors (Lipinski definition) is 1. The van der Waals surface area contributed by atoms with Gasteiger partial charge in [-0.2, -0.15) is 0 Å². The van der Waals surface area contributed by atoms with Crippen LogP contribution in [0.5, 0.6) is 5.75 Å². The van der Waals surface area contributed by atoms with Crippen molar-refractivity contribution in [3.8, 4) is 5.75 Å². The predicted octanol–water partition coefficient (Wildman–Crippen LogP) is 2.37. The molecule has 0 aliphatic carbocycles. The van der Waals surface area contributed by atoms with Crippen molar-refractivity contribution in [3.63, 3.8) is 0 Å². The molecular weight excluding hydrogens is 240 g/mol. The minimum atomic E-state index is -0.0326. The van der Waals surface area contributed by atoms with Gasteiger partial charge in [0.2, 0.25) is 0 Å². The SMILES string of the molecule is O=C(COc1cccc(CO)c1)Cc1ccccc1. The summed E-state index contributed by atoms with van der Waals surface area (Å²) in [5.74, 6) is 0.633. The van der Waals surface area contributed by atoms with Crippen molar-refractivity contribution in [1.82, 2.24) is 0 Å². The van der Waals surface area contributed by atoms with Crippen LogP contribution >= 0.6 is 0 Å². The van der Waals surface area contributed by atoms with Crippen LogP contribution in [-0.2, 0) is 17.8 Å². The van der Waals surface area contributed by atoms with E-state index in [0.29, 0.717) is 12.2 Å². The van der Waals surface area contributed by atoms with Crippen LogP contribution in [0.15, 0.2) is 54.6 Å². The summed E-state index contributed by atoms with van der Waals surface area (Å²) in [5, 5.41) is 9.01. The zero-order valence-electron chi connectivity index (χ0n) is 10.6. The number of ketones is 1. The molecule has 2 rings (SSSR count). The van der Waals surface area contributed by atoms with Crippen molar-refractivity contribution in [2.45, 2.75) is 13.0 Å². The quantitative estimate of drug-likeness (QED) is 0.863. The van der Waals surface area contributed by atoms with E-state index < -0.39 is 0 Å². The van der Waals surface area contributed by atoms with Crippen LogP contribution in [0.1, 0.15) is 11.1 Å². The molecule has 1 N–H and O–H groups in total. The first-order valence-electron chi connectivity index (χ1n) is 6.16. The third-order valence-electron chi connectivity index (χ3n) is 2.72. The zero-order valence-corrected chi connectivity index (χ0v) is 10.6. The third kappa shape index (κ3) is 4.23. The molecule has 0 atom stereocenters. The lowest BCUT2D eigenvalue weighted by Crippen LogP contribution is -2.13. The van der Waals surface area contributed by atoms with E-state index in [2.05, 4.69) is 0 Å². The number of hydrogen-bond acceptors (Lipinski definition) is 3. The summed E-state index contributed by atoms with van der Waals surface area (Å²) in [6.07, 6.45) is 0.376. The number of aliphatic hydroxyl groups is 1. The molecule has 0 aromatic heterocycles. The van der Waals surface area contributed by atoms with Crippen molar-refractivity contribution in [2.75, 3.05) is 6.61 Å². The maximum absolute atomic E-state index is 11.8. The zero-order chi connectivity index (χ0) is 13.5. The highest BCUT2D eigenvalue weighted by molar-refractivity contribution is 5.82. The number of aliphatic hydroxyl groups excluding tert-OH is 1. The van der Waals surface area contributed by atoms with Crippen molar-refractivity contribution in [1.29, 1.82) is 0 Å². The Bertz CT molecular complexity index is 535. The second-order valence-electron chi connectivity index (χ2n) is 4.30. The lowest BCUT2D eigenvalue weighted by molar-refractivity contribution is -0.120. The Labute approximate surface area is 112 Å². The van der Waals surface area contributed by atoms with Crippen LogP contribution in [0.4, 0.5) is 0 Å². The molecule has 98 valence electrons. The molecule has 0 radical (unpaired) electrons. The summed E-state index contributed by atoms with van der Waals surface area (Å²) in [5.41, 5.74) is 1.76. The molecule has 0 amide bonds. The van der Waals surface area contributed by atoms with E-state index >= 15 is 0 Å². The van der Waals surface area contributed by atoms with E-state index in [1.165, 1.54) is 0 Å². The maximum atomic E-state index is 11.8. The van der Waals surface area contributed by atoms with Crippen LogP contribution < -0.4 is 4.74 Å². The van der Waals surface area contributed by atoms with Gasteiger partial charge in [0.05, 0.1) is 6.61 Å². The van der Waals surface area contributed by atoms with Crippen LogP contribution in [0.25, 0.3) is 0 Å². The topological polar surface area (TPSA) is 46.5 Å². The number of ether oxygens (including phenoxy) is 1. The normalized spacial score (nSPS) is 10.2. The molecule has 2 aromatic carbocycles. The lowest BCUT2D eigenvalue weighted by atomic mass is 10.1. The Morgan fingerprint density at radius 3 is 2.47 bits per heavy atom. The van der Waals surface area contributed by atoms with Crippen molar-refractivity contribution < 1.29 is 14.6 Å². The summed E-state index contributed by atoms with van der Waals surface area (Å²) in [7, 11) is 0. The smallest absolute Gasteiger partial charge is 0.174 e. The van der Waals surface area contributed by atoms with Gasteiger partial charge in [0.25, 0.3) is 0 Å². The first kappa shape index (κ1) is 13.3. The van der Waals surface area contributed by atoms with Gasteiger partial charge >= 0.3 is 0 Å². The third-order valence-corrected chi connectivity index (χ3v) is 2.72. The molecule has 3 nitrogen and oxygen atoms in total. The number of Topliss-reactive ketones (excluding diaryl/α,β-unsaturated/α-hetero) is 1. The van der Waals surface area contributed by atoms with Crippen LogP contribution in [0.3, 0.4) is 0 Å². The van der Waals surface area contributed by atoms with Gasteiger partial charge in [-0.05, 0) is 23.3 Å². The highest BCUT2D eigenvalue weighted by atomic mass is 16.5. The Kier molecular flexibility index (Phi) is 4.70. The van der Waals surface area contributed by atoms with Crippen LogP contribution in [0.2, 0.25) is 0 Å². The molecule has 3 heteroatoms. The van der Waals surface area contributed by atoms with Gasteiger partial charge in [0.1, 0.15) is 12.4 Å². The second-order valence-corrected chi connectivity index (χ2v) is 4.30. The highest BCUT2D eigenvalue weighted by Crippen LogP contribution is 2.13. The van der Waals surface area contributed by atoms with E-state index in [1.54, 1.807) is 24.3 Å². The van der Waals surface area contributed by atoms with E-state index in [4.69, 9.17) is 9.84 Å². The molecule has 0 saturated heterocycles. The van der Waals surface area contributed by atoms with Gasteiger partial charge in [-0.1, -0.05) is 42.5 Å². The van der Waals surface area contributed by atoms with Gasteiger partial charge in [-0.25, -0.2) is 0 Å². The fourth-order valence-corrected chi connectivity index (χ4v) is 1.77. The highest BCUT2D eigenvalue weighted by Gasteiger charge is 2.05. The average Bonchev–Trinajstić information content (AvgIpc) is 2.46. The summed E-state index contributed by atoms with van der Waals surface area (Å²) in [4.78, 5) is 11.8. The minimum Gasteiger partial charge on any atom is -0.486 e. The standard InChI is InChI=1S/C16H16O3/c17-11-14-7-4-8-16(10-14)19-12-15(18)9-13-5-2-1-3-6-13/h1-8,10,17H,9,11-12H2. The number of carbonyl (C=O) groups is 1. The summed E-state index contributed by atoms with van der Waals surface area (Å²) in [6, 6.07) is 16.7. The Balaban J connectivity index is 1.86. The van der Waals surface area contributed by atoms with Gasteiger partial charge in [-0.15, -0.1) is 0 Å². The molecule has 0 saturated carbocycles. The first-order valence-corrected chi connectivity index (χ1v) is 6.16. The summed E-state index contributed by atoms with van der Waals surface area (Å²) in [6.45, 7) is 0.0128. The van der Waals surface area contributed by atoms with E-state index in [1.807, 2.05) is 30.3 Å². The number of benzene rings is 2. The molecule has 19 heavy (non-hydrogen) atoms. The maximum Gasteiger partial charge on any atom is 0.174 e. The Morgan fingerprint density at radius 1 is 1.00 bits per heavy atom. The van der Waals surface area contributed by atoms with Crippen molar-refractivity contribution >= 4 is 5.78 Å². The molecule has 0 unspecified atom stereocenters. The van der Waals surface area contributed by atoms with Crippen molar-refractivity contribution in [2.24, 2.45) is 0 Å². The van der Waals surface area contributed by atoms with Gasteiger partial charge in [0.15, 0.2) is 5.78 Å². The molecule has 2 aromatic rings. The fourth-order valence-electron chi connectivity index (χ4n) is 1.77. The Hall–Kier alpha value is -2.13. The lowest BCUT2D eigenvalue weighted by Gasteiger charge is -2.06. The van der Waals surface area contributed by atoms with Crippen molar-refractivity contribution in [3.05, 3.63) is 65.7 Å². The van der Waals surface area contributed by atoms with Gasteiger partial charge < -0.3 is 9.84 Å². The van der Waals surface area contributed by atoms with E-state index in [-0.39, 0.29) is 19.0 Å². The number of carbonyl (C=O) groups excluding carboxylic acids is 1. The molecular formula is C16H16O3. The van der Waals surface area contributed by atoms with Gasteiger partial charge in [0, 0.05) is 6.42 Å². The monoisotopic (exact) mass is 256 g/mol.